The average molecular weight is 406 g/mol. The molecule has 0 radical (unpaired) electrons. The quantitative estimate of drug-likeness (QED) is 0.378. The summed E-state index contributed by atoms with van der Waals surface area (Å²) in [6.45, 7) is 0. The fraction of sp³-hybridized carbons (Fsp3) is 0.474. The predicted octanol–water partition coefficient (Wildman–Crippen LogP) is 4.43. The van der Waals surface area contributed by atoms with Crippen LogP contribution in [-0.4, -0.2) is 34.8 Å². The Morgan fingerprint density at radius 2 is 2.11 bits per heavy atom. The van der Waals surface area contributed by atoms with Crippen LogP contribution < -0.4 is 10.1 Å². The first kappa shape index (κ1) is 19.8. The number of methoxy groups -OCH3 is 1. The van der Waals surface area contributed by atoms with Crippen LogP contribution in [0.1, 0.15) is 48.9 Å². The lowest BCUT2D eigenvalue weighted by atomic mass is 10.0. The molecule has 27 heavy (non-hydrogen) atoms. The van der Waals surface area contributed by atoms with E-state index in [0.717, 1.165) is 6.42 Å². The topological polar surface area (TPSA) is 81.2 Å². The SMILES string of the molecule is COc1cccc(C(=O)CSc2nnc(NC(=O)CCC3CCCC3)s2)c1. The van der Waals surface area contributed by atoms with Gasteiger partial charge in [-0.05, 0) is 24.5 Å². The summed E-state index contributed by atoms with van der Waals surface area (Å²) in [5.74, 6) is 1.60. The van der Waals surface area contributed by atoms with Gasteiger partial charge in [0.2, 0.25) is 11.0 Å². The van der Waals surface area contributed by atoms with Crippen molar-refractivity contribution in [3.8, 4) is 5.75 Å². The van der Waals surface area contributed by atoms with Gasteiger partial charge >= 0.3 is 0 Å². The van der Waals surface area contributed by atoms with Crippen LogP contribution in [-0.2, 0) is 4.79 Å². The van der Waals surface area contributed by atoms with Crippen molar-refractivity contribution in [2.75, 3.05) is 18.2 Å². The molecule has 6 nitrogen and oxygen atoms in total. The molecule has 0 aliphatic heterocycles. The van der Waals surface area contributed by atoms with Crippen molar-refractivity contribution < 1.29 is 14.3 Å². The van der Waals surface area contributed by atoms with E-state index in [-0.39, 0.29) is 17.4 Å². The van der Waals surface area contributed by atoms with Crippen LogP contribution in [0.4, 0.5) is 5.13 Å². The lowest BCUT2D eigenvalue weighted by molar-refractivity contribution is -0.116. The zero-order chi connectivity index (χ0) is 19.1. The van der Waals surface area contributed by atoms with E-state index in [1.165, 1.54) is 48.8 Å². The highest BCUT2D eigenvalue weighted by atomic mass is 32.2. The summed E-state index contributed by atoms with van der Waals surface area (Å²) in [5, 5.41) is 11.3. The molecule has 1 aliphatic rings. The summed E-state index contributed by atoms with van der Waals surface area (Å²) < 4.78 is 5.81. The van der Waals surface area contributed by atoms with Crippen molar-refractivity contribution in [2.24, 2.45) is 5.92 Å². The second kappa shape index (κ2) is 9.85. The van der Waals surface area contributed by atoms with E-state index in [2.05, 4.69) is 15.5 Å². The minimum absolute atomic E-state index is 0.00347. The van der Waals surface area contributed by atoms with Crippen LogP contribution in [0.15, 0.2) is 28.6 Å². The zero-order valence-electron chi connectivity index (χ0n) is 15.3. The molecule has 3 rings (SSSR count). The molecule has 1 aromatic heterocycles. The number of hydrogen-bond acceptors (Lipinski definition) is 7. The molecule has 2 aromatic rings. The molecular formula is C19H23N3O3S2. The number of anilines is 1. The van der Waals surface area contributed by atoms with Gasteiger partial charge in [0.25, 0.3) is 0 Å². The summed E-state index contributed by atoms with van der Waals surface area (Å²) in [6, 6.07) is 7.08. The van der Waals surface area contributed by atoms with E-state index in [9.17, 15) is 9.59 Å². The van der Waals surface area contributed by atoms with Gasteiger partial charge < -0.3 is 10.1 Å². The van der Waals surface area contributed by atoms with E-state index in [1.807, 2.05) is 0 Å². The Bertz CT molecular complexity index is 788. The summed E-state index contributed by atoms with van der Waals surface area (Å²) >= 11 is 2.62. The lowest BCUT2D eigenvalue weighted by Gasteiger charge is -2.07. The Morgan fingerprint density at radius 3 is 2.89 bits per heavy atom. The third kappa shape index (κ3) is 6.04. The van der Waals surface area contributed by atoms with Crippen molar-refractivity contribution in [1.29, 1.82) is 0 Å². The largest absolute Gasteiger partial charge is 0.497 e. The van der Waals surface area contributed by atoms with Crippen molar-refractivity contribution in [1.82, 2.24) is 10.2 Å². The number of ether oxygens (including phenoxy) is 1. The average Bonchev–Trinajstić information content (AvgIpc) is 3.36. The summed E-state index contributed by atoms with van der Waals surface area (Å²) in [4.78, 5) is 24.3. The number of rotatable bonds is 9. The lowest BCUT2D eigenvalue weighted by Crippen LogP contribution is -2.12. The van der Waals surface area contributed by atoms with E-state index >= 15 is 0 Å². The molecule has 0 bridgehead atoms. The van der Waals surface area contributed by atoms with Gasteiger partial charge in [0.1, 0.15) is 5.75 Å². The molecule has 0 spiro atoms. The van der Waals surface area contributed by atoms with Crippen LogP contribution in [0.3, 0.4) is 0 Å². The van der Waals surface area contributed by atoms with Crippen molar-refractivity contribution in [2.45, 2.75) is 42.9 Å². The predicted molar refractivity (Wildman–Crippen MR) is 108 cm³/mol. The number of carbonyl (C=O) groups is 2. The Kier molecular flexibility index (Phi) is 7.23. The van der Waals surface area contributed by atoms with Crippen molar-refractivity contribution >= 4 is 39.9 Å². The summed E-state index contributed by atoms with van der Waals surface area (Å²) in [7, 11) is 1.57. The molecule has 1 amide bonds. The summed E-state index contributed by atoms with van der Waals surface area (Å²) in [5.41, 5.74) is 0.604. The van der Waals surface area contributed by atoms with E-state index in [1.54, 1.807) is 31.4 Å². The van der Waals surface area contributed by atoms with Gasteiger partial charge in [-0.15, -0.1) is 10.2 Å². The van der Waals surface area contributed by atoms with Gasteiger partial charge in [-0.25, -0.2) is 0 Å². The number of aromatic nitrogens is 2. The van der Waals surface area contributed by atoms with Crippen LogP contribution in [0.5, 0.6) is 5.75 Å². The monoisotopic (exact) mass is 405 g/mol. The van der Waals surface area contributed by atoms with E-state index in [4.69, 9.17) is 4.74 Å². The van der Waals surface area contributed by atoms with Crippen LogP contribution in [0.2, 0.25) is 0 Å². The normalized spacial score (nSPS) is 14.3. The molecule has 1 aromatic carbocycles. The first-order chi connectivity index (χ1) is 13.1. The molecule has 0 atom stereocenters. The maximum atomic E-state index is 12.3. The van der Waals surface area contributed by atoms with E-state index in [0.29, 0.717) is 33.1 Å². The number of nitrogens with zero attached hydrogens (tertiary/aromatic N) is 2. The van der Waals surface area contributed by atoms with Crippen LogP contribution >= 0.6 is 23.1 Å². The molecule has 8 heteroatoms. The highest BCUT2D eigenvalue weighted by Crippen LogP contribution is 2.29. The van der Waals surface area contributed by atoms with Crippen LogP contribution in [0, 0.1) is 5.92 Å². The molecule has 0 saturated heterocycles. The Morgan fingerprint density at radius 1 is 1.30 bits per heavy atom. The van der Waals surface area contributed by atoms with Gasteiger partial charge in [-0.1, -0.05) is 60.9 Å². The number of carbonyl (C=O) groups excluding carboxylic acids is 2. The number of ketones is 1. The third-order valence-corrected chi connectivity index (χ3v) is 6.60. The first-order valence-corrected chi connectivity index (χ1v) is 10.9. The maximum Gasteiger partial charge on any atom is 0.226 e. The molecule has 1 saturated carbocycles. The minimum Gasteiger partial charge on any atom is -0.497 e. The number of Topliss-reactive ketones (excluding diaryl/α,β-unsaturated/α-hetero) is 1. The second-order valence-corrected chi connectivity index (χ2v) is 8.75. The van der Waals surface area contributed by atoms with Gasteiger partial charge in [0.05, 0.1) is 12.9 Å². The fourth-order valence-electron chi connectivity index (χ4n) is 3.14. The minimum atomic E-state index is -0.0120. The van der Waals surface area contributed by atoms with E-state index < -0.39 is 0 Å². The van der Waals surface area contributed by atoms with Crippen molar-refractivity contribution in [3.63, 3.8) is 0 Å². The number of hydrogen-bond donors (Lipinski definition) is 1. The zero-order valence-corrected chi connectivity index (χ0v) is 16.9. The number of amides is 1. The Labute approximate surface area is 167 Å². The van der Waals surface area contributed by atoms with Gasteiger partial charge in [-0.3, -0.25) is 9.59 Å². The van der Waals surface area contributed by atoms with Crippen LogP contribution in [0.25, 0.3) is 0 Å². The molecule has 0 unspecified atom stereocenters. The maximum absolute atomic E-state index is 12.3. The fourth-order valence-corrected chi connectivity index (χ4v) is 4.80. The third-order valence-electron chi connectivity index (χ3n) is 4.63. The smallest absolute Gasteiger partial charge is 0.226 e. The summed E-state index contributed by atoms with van der Waals surface area (Å²) in [6.07, 6.45) is 6.54. The second-order valence-electron chi connectivity index (χ2n) is 6.55. The highest BCUT2D eigenvalue weighted by Gasteiger charge is 2.17. The molecule has 1 N–H and O–H groups in total. The standard InChI is InChI=1S/C19H23N3O3S2/c1-25-15-8-4-7-14(11-15)16(23)12-26-19-22-21-18(27-19)20-17(24)10-9-13-5-2-3-6-13/h4,7-8,11,13H,2-3,5-6,9-10,12H2,1H3,(H,20,21,24). The molecular weight excluding hydrogens is 382 g/mol. The number of nitrogens with one attached hydrogen (secondary N) is 1. The van der Waals surface area contributed by atoms with Gasteiger partial charge in [0.15, 0.2) is 10.1 Å². The first-order valence-electron chi connectivity index (χ1n) is 9.07. The molecule has 144 valence electrons. The highest BCUT2D eigenvalue weighted by molar-refractivity contribution is 8.01. The molecule has 1 fully saturated rings. The Balaban J connectivity index is 1.44. The van der Waals surface area contributed by atoms with Crippen molar-refractivity contribution in [3.05, 3.63) is 29.8 Å². The molecule has 1 aliphatic carbocycles. The number of thioether (sulfide) groups is 1. The Hall–Kier alpha value is -1.93. The van der Waals surface area contributed by atoms with Gasteiger partial charge in [-0.2, -0.15) is 0 Å². The number of benzene rings is 1. The molecule has 1 heterocycles. The van der Waals surface area contributed by atoms with Gasteiger partial charge in [0, 0.05) is 12.0 Å².